The molecular formula is C19H19N3O3. The first-order chi connectivity index (χ1) is 12.0. The molecule has 3 rings (SSSR count). The standard InChI is InChI=1S/C19H19N3O3/c1-19(2,17-10-15-11-20-9-8-16(15)25-17)21-18(24)22(13-23)12-14-6-4-3-5-7-14/h3-11,13H,12H2,1-2H3,(H,21,24). The van der Waals surface area contributed by atoms with Gasteiger partial charge >= 0.3 is 6.03 Å². The highest BCUT2D eigenvalue weighted by atomic mass is 16.3. The smallest absolute Gasteiger partial charge is 0.324 e. The average Bonchev–Trinajstić information content (AvgIpc) is 3.05. The van der Waals surface area contributed by atoms with Crippen LogP contribution in [0, 0.1) is 0 Å². The highest BCUT2D eigenvalue weighted by Gasteiger charge is 2.29. The number of rotatable bonds is 5. The van der Waals surface area contributed by atoms with Gasteiger partial charge in [0, 0.05) is 17.8 Å². The molecule has 0 aliphatic heterocycles. The third kappa shape index (κ3) is 3.68. The van der Waals surface area contributed by atoms with E-state index in [0.717, 1.165) is 15.8 Å². The number of aromatic nitrogens is 1. The van der Waals surface area contributed by atoms with Crippen molar-refractivity contribution >= 4 is 23.4 Å². The monoisotopic (exact) mass is 337 g/mol. The first-order valence-corrected chi connectivity index (χ1v) is 7.91. The van der Waals surface area contributed by atoms with Crippen molar-refractivity contribution in [2.24, 2.45) is 0 Å². The molecule has 2 aromatic heterocycles. The Balaban J connectivity index is 1.76. The Kier molecular flexibility index (Phi) is 4.52. The summed E-state index contributed by atoms with van der Waals surface area (Å²) in [5, 5.41) is 3.70. The van der Waals surface area contributed by atoms with E-state index in [0.29, 0.717) is 17.8 Å². The summed E-state index contributed by atoms with van der Waals surface area (Å²) >= 11 is 0. The van der Waals surface area contributed by atoms with Crippen molar-refractivity contribution in [1.82, 2.24) is 15.2 Å². The lowest BCUT2D eigenvalue weighted by molar-refractivity contribution is -0.116. The first-order valence-electron chi connectivity index (χ1n) is 7.91. The molecule has 6 nitrogen and oxygen atoms in total. The molecule has 0 saturated heterocycles. The number of fused-ring (bicyclic) bond motifs is 1. The van der Waals surface area contributed by atoms with Gasteiger partial charge in [0.15, 0.2) is 0 Å². The second-order valence-electron chi connectivity index (χ2n) is 6.30. The Bertz CT molecular complexity index is 854. The van der Waals surface area contributed by atoms with Gasteiger partial charge in [0.1, 0.15) is 11.3 Å². The van der Waals surface area contributed by atoms with Gasteiger partial charge in [-0.25, -0.2) is 4.79 Å². The minimum Gasteiger partial charge on any atom is -0.458 e. The summed E-state index contributed by atoms with van der Waals surface area (Å²) in [5.74, 6) is 0.592. The van der Waals surface area contributed by atoms with E-state index in [1.807, 2.05) is 50.2 Å². The van der Waals surface area contributed by atoms with Crippen LogP contribution in [-0.2, 0) is 16.9 Å². The van der Waals surface area contributed by atoms with Gasteiger partial charge in [0.25, 0.3) is 0 Å². The number of carbonyl (C=O) groups is 2. The van der Waals surface area contributed by atoms with Gasteiger partial charge < -0.3 is 9.73 Å². The summed E-state index contributed by atoms with van der Waals surface area (Å²) in [6.45, 7) is 3.85. The lowest BCUT2D eigenvalue weighted by atomic mass is 10.0. The molecule has 3 aromatic rings. The maximum atomic E-state index is 12.5. The molecule has 1 N–H and O–H groups in total. The minimum absolute atomic E-state index is 0.205. The van der Waals surface area contributed by atoms with E-state index in [1.165, 1.54) is 0 Å². The number of pyridine rings is 1. The Hall–Kier alpha value is -3.15. The van der Waals surface area contributed by atoms with Crippen molar-refractivity contribution in [3.63, 3.8) is 0 Å². The lowest BCUT2D eigenvalue weighted by Crippen LogP contribution is -2.47. The van der Waals surface area contributed by atoms with E-state index in [4.69, 9.17) is 4.42 Å². The van der Waals surface area contributed by atoms with Gasteiger partial charge in [-0.2, -0.15) is 0 Å². The number of benzene rings is 1. The Morgan fingerprint density at radius 1 is 1.28 bits per heavy atom. The van der Waals surface area contributed by atoms with E-state index in [1.54, 1.807) is 18.5 Å². The van der Waals surface area contributed by atoms with Gasteiger partial charge in [-0.3, -0.25) is 14.7 Å². The highest BCUT2D eigenvalue weighted by molar-refractivity contribution is 5.85. The van der Waals surface area contributed by atoms with Crippen LogP contribution in [0.1, 0.15) is 25.2 Å². The number of carbonyl (C=O) groups excluding carboxylic acids is 2. The van der Waals surface area contributed by atoms with Crippen molar-refractivity contribution in [2.75, 3.05) is 0 Å². The number of hydrogen-bond acceptors (Lipinski definition) is 4. The van der Waals surface area contributed by atoms with E-state index < -0.39 is 11.6 Å². The zero-order chi connectivity index (χ0) is 17.9. The summed E-state index contributed by atoms with van der Waals surface area (Å²) in [6, 6.07) is 12.5. The van der Waals surface area contributed by atoms with Gasteiger partial charge in [0.05, 0.1) is 12.1 Å². The predicted molar refractivity (Wildman–Crippen MR) is 93.6 cm³/mol. The molecule has 0 fully saturated rings. The third-order valence-electron chi connectivity index (χ3n) is 3.94. The Morgan fingerprint density at radius 3 is 2.72 bits per heavy atom. The molecule has 2 heterocycles. The fourth-order valence-electron chi connectivity index (χ4n) is 2.53. The molecule has 0 bridgehead atoms. The summed E-state index contributed by atoms with van der Waals surface area (Å²) in [5.41, 5.74) is 0.787. The van der Waals surface area contributed by atoms with Gasteiger partial charge in [-0.1, -0.05) is 30.3 Å². The second-order valence-corrected chi connectivity index (χ2v) is 6.30. The normalized spacial score (nSPS) is 11.3. The molecule has 0 radical (unpaired) electrons. The summed E-state index contributed by atoms with van der Waals surface area (Å²) in [7, 11) is 0. The number of imide groups is 1. The Morgan fingerprint density at radius 2 is 2.04 bits per heavy atom. The maximum absolute atomic E-state index is 12.5. The van der Waals surface area contributed by atoms with Crippen molar-refractivity contribution in [3.8, 4) is 0 Å². The van der Waals surface area contributed by atoms with Crippen LogP contribution in [0.4, 0.5) is 4.79 Å². The van der Waals surface area contributed by atoms with Gasteiger partial charge in [-0.05, 0) is 31.5 Å². The van der Waals surface area contributed by atoms with Crippen LogP contribution in [0.5, 0.6) is 0 Å². The number of furan rings is 1. The molecule has 0 aliphatic rings. The molecule has 0 aliphatic carbocycles. The van der Waals surface area contributed by atoms with Crippen LogP contribution in [-0.4, -0.2) is 22.3 Å². The fourth-order valence-corrected chi connectivity index (χ4v) is 2.53. The third-order valence-corrected chi connectivity index (χ3v) is 3.94. The van der Waals surface area contributed by atoms with Crippen molar-refractivity contribution in [1.29, 1.82) is 0 Å². The van der Waals surface area contributed by atoms with Crippen LogP contribution in [0.3, 0.4) is 0 Å². The average molecular weight is 337 g/mol. The van der Waals surface area contributed by atoms with Crippen LogP contribution >= 0.6 is 0 Å². The summed E-state index contributed by atoms with van der Waals surface area (Å²) < 4.78 is 5.80. The molecule has 1 aromatic carbocycles. The maximum Gasteiger partial charge on any atom is 0.324 e. The lowest BCUT2D eigenvalue weighted by Gasteiger charge is -2.27. The van der Waals surface area contributed by atoms with Crippen LogP contribution in [0.25, 0.3) is 11.0 Å². The number of hydrogen-bond donors (Lipinski definition) is 1. The largest absolute Gasteiger partial charge is 0.458 e. The van der Waals surface area contributed by atoms with Gasteiger partial charge in [-0.15, -0.1) is 0 Å². The topological polar surface area (TPSA) is 75.4 Å². The molecular weight excluding hydrogens is 318 g/mol. The molecule has 6 heteroatoms. The molecule has 0 spiro atoms. The quantitative estimate of drug-likeness (QED) is 0.724. The molecule has 0 unspecified atom stereocenters. The second kappa shape index (κ2) is 6.76. The molecule has 25 heavy (non-hydrogen) atoms. The number of nitrogens with one attached hydrogen (secondary N) is 1. The van der Waals surface area contributed by atoms with Crippen LogP contribution in [0.15, 0.2) is 59.3 Å². The number of nitrogens with zero attached hydrogens (tertiary/aromatic N) is 2. The fraction of sp³-hybridized carbons (Fsp3) is 0.211. The zero-order valence-corrected chi connectivity index (χ0v) is 14.1. The van der Waals surface area contributed by atoms with E-state index in [9.17, 15) is 9.59 Å². The number of amides is 3. The van der Waals surface area contributed by atoms with E-state index >= 15 is 0 Å². The van der Waals surface area contributed by atoms with Gasteiger partial charge in [0.2, 0.25) is 6.41 Å². The zero-order valence-electron chi connectivity index (χ0n) is 14.1. The molecule has 3 amide bonds. The summed E-state index contributed by atoms with van der Waals surface area (Å²) in [4.78, 5) is 29.0. The van der Waals surface area contributed by atoms with Crippen LogP contribution in [0.2, 0.25) is 0 Å². The summed E-state index contributed by atoms with van der Waals surface area (Å²) in [6.07, 6.45) is 3.88. The number of urea groups is 1. The van der Waals surface area contributed by atoms with Crippen LogP contribution < -0.4 is 5.32 Å². The molecule has 0 saturated carbocycles. The Labute approximate surface area is 145 Å². The van der Waals surface area contributed by atoms with E-state index in [2.05, 4.69) is 10.3 Å². The minimum atomic E-state index is -0.784. The van der Waals surface area contributed by atoms with E-state index in [-0.39, 0.29) is 6.54 Å². The van der Waals surface area contributed by atoms with Crippen molar-refractivity contribution < 1.29 is 14.0 Å². The first kappa shape index (κ1) is 16.7. The van der Waals surface area contributed by atoms with Crippen molar-refractivity contribution in [3.05, 3.63) is 66.2 Å². The molecule has 128 valence electrons. The predicted octanol–water partition coefficient (Wildman–Crippen LogP) is 3.43. The highest BCUT2D eigenvalue weighted by Crippen LogP contribution is 2.27. The van der Waals surface area contributed by atoms with Crippen molar-refractivity contribution in [2.45, 2.75) is 25.9 Å². The SMILES string of the molecule is CC(C)(NC(=O)N(C=O)Cc1ccccc1)c1cc2cnccc2o1. The molecule has 0 atom stereocenters.